The van der Waals surface area contributed by atoms with E-state index >= 15 is 0 Å². The molecule has 0 aliphatic heterocycles. The molecule has 0 bridgehead atoms. The number of alkyl carbamates (subject to hydrolysis) is 1. The number of benzene rings is 1. The Bertz CT molecular complexity index is 556. The van der Waals surface area contributed by atoms with Gasteiger partial charge in [0.25, 0.3) is 0 Å². The van der Waals surface area contributed by atoms with Gasteiger partial charge in [-0.15, -0.1) is 0 Å². The van der Waals surface area contributed by atoms with Crippen LogP contribution in [0.1, 0.15) is 49.2 Å². The molecule has 0 saturated carbocycles. The van der Waals surface area contributed by atoms with Crippen LogP contribution in [-0.4, -0.2) is 40.8 Å². The van der Waals surface area contributed by atoms with Gasteiger partial charge in [0.15, 0.2) is 6.29 Å². The predicted octanol–water partition coefficient (Wildman–Crippen LogP) is 1.95. The van der Waals surface area contributed by atoms with Crippen LogP contribution in [0.5, 0.6) is 0 Å². The highest BCUT2D eigenvalue weighted by Crippen LogP contribution is 2.21. The van der Waals surface area contributed by atoms with Crippen molar-refractivity contribution in [3.63, 3.8) is 0 Å². The van der Waals surface area contributed by atoms with Gasteiger partial charge in [0, 0.05) is 6.54 Å². The predicted molar refractivity (Wildman–Crippen MR) is 81.6 cm³/mol. The maximum absolute atomic E-state index is 13.2. The standard InChI is InChI=1S/C16H22FNO5/c1-16(2,3)23-15(22)18-7-6-13(20)14(21)10-4-5-12(17)11(8-10)9-19/h4-5,8-9,13-14,20-21H,6-7H2,1-3H3,(H,18,22). The van der Waals surface area contributed by atoms with Crippen LogP contribution < -0.4 is 5.32 Å². The molecule has 23 heavy (non-hydrogen) atoms. The first-order valence-electron chi connectivity index (χ1n) is 7.21. The Morgan fingerprint density at radius 2 is 2.04 bits per heavy atom. The highest BCUT2D eigenvalue weighted by Gasteiger charge is 2.20. The lowest BCUT2D eigenvalue weighted by molar-refractivity contribution is 0.0122. The first kappa shape index (κ1) is 19.1. The number of carbonyl (C=O) groups is 2. The van der Waals surface area contributed by atoms with Crippen molar-refractivity contribution in [3.8, 4) is 0 Å². The van der Waals surface area contributed by atoms with E-state index in [1.54, 1.807) is 20.8 Å². The summed E-state index contributed by atoms with van der Waals surface area (Å²) in [6.45, 7) is 5.27. The third-order valence-corrected chi connectivity index (χ3v) is 2.96. The third kappa shape index (κ3) is 6.33. The van der Waals surface area contributed by atoms with E-state index in [1.165, 1.54) is 12.1 Å². The van der Waals surface area contributed by atoms with E-state index in [1.807, 2.05) is 0 Å². The minimum Gasteiger partial charge on any atom is -0.444 e. The quantitative estimate of drug-likeness (QED) is 0.694. The Hall–Kier alpha value is -1.99. The monoisotopic (exact) mass is 327 g/mol. The number of aliphatic hydroxyl groups is 2. The number of amides is 1. The van der Waals surface area contributed by atoms with Gasteiger partial charge in [-0.1, -0.05) is 6.07 Å². The van der Waals surface area contributed by atoms with Crippen LogP contribution in [0.2, 0.25) is 0 Å². The van der Waals surface area contributed by atoms with Crippen LogP contribution in [0, 0.1) is 5.82 Å². The molecule has 2 unspecified atom stereocenters. The van der Waals surface area contributed by atoms with E-state index in [0.29, 0.717) is 6.29 Å². The molecule has 0 aromatic heterocycles. The van der Waals surface area contributed by atoms with Crippen molar-refractivity contribution < 1.29 is 28.9 Å². The summed E-state index contributed by atoms with van der Waals surface area (Å²) in [5, 5.41) is 22.4. The van der Waals surface area contributed by atoms with Crippen molar-refractivity contribution in [1.82, 2.24) is 5.32 Å². The zero-order valence-electron chi connectivity index (χ0n) is 13.4. The number of hydrogen-bond acceptors (Lipinski definition) is 5. The van der Waals surface area contributed by atoms with Crippen molar-refractivity contribution in [3.05, 3.63) is 35.1 Å². The Labute approximate surface area is 134 Å². The largest absolute Gasteiger partial charge is 0.444 e. The molecule has 0 radical (unpaired) electrons. The van der Waals surface area contributed by atoms with Gasteiger partial charge in [-0.3, -0.25) is 4.79 Å². The van der Waals surface area contributed by atoms with Gasteiger partial charge >= 0.3 is 6.09 Å². The van der Waals surface area contributed by atoms with Crippen molar-refractivity contribution in [2.45, 2.75) is 45.0 Å². The Morgan fingerprint density at radius 1 is 1.39 bits per heavy atom. The van der Waals surface area contributed by atoms with E-state index in [4.69, 9.17) is 4.74 Å². The molecule has 6 nitrogen and oxygen atoms in total. The maximum atomic E-state index is 13.2. The van der Waals surface area contributed by atoms with Crippen LogP contribution >= 0.6 is 0 Å². The maximum Gasteiger partial charge on any atom is 0.407 e. The van der Waals surface area contributed by atoms with Gasteiger partial charge < -0.3 is 20.3 Å². The van der Waals surface area contributed by atoms with Gasteiger partial charge in [-0.05, 0) is 44.9 Å². The van der Waals surface area contributed by atoms with Crippen LogP contribution in [0.4, 0.5) is 9.18 Å². The molecule has 0 heterocycles. The zero-order valence-corrected chi connectivity index (χ0v) is 13.4. The molecule has 128 valence electrons. The summed E-state index contributed by atoms with van der Waals surface area (Å²) in [6, 6.07) is 3.52. The number of hydrogen-bond donors (Lipinski definition) is 3. The van der Waals surface area contributed by atoms with E-state index < -0.39 is 29.7 Å². The minimum absolute atomic E-state index is 0.0637. The summed E-state index contributed by atoms with van der Waals surface area (Å²) >= 11 is 0. The smallest absolute Gasteiger partial charge is 0.407 e. The molecule has 2 atom stereocenters. The SMILES string of the molecule is CC(C)(C)OC(=O)NCCC(O)C(O)c1ccc(F)c(C=O)c1. The highest BCUT2D eigenvalue weighted by atomic mass is 19.1. The highest BCUT2D eigenvalue weighted by molar-refractivity contribution is 5.75. The van der Waals surface area contributed by atoms with Crippen molar-refractivity contribution >= 4 is 12.4 Å². The minimum atomic E-state index is -1.30. The summed E-state index contributed by atoms with van der Waals surface area (Å²) < 4.78 is 18.3. The van der Waals surface area contributed by atoms with Gasteiger partial charge in [-0.2, -0.15) is 0 Å². The average Bonchev–Trinajstić information content (AvgIpc) is 2.45. The van der Waals surface area contributed by atoms with E-state index in [9.17, 15) is 24.2 Å². The first-order chi connectivity index (χ1) is 10.6. The lowest BCUT2D eigenvalue weighted by Gasteiger charge is -2.21. The van der Waals surface area contributed by atoms with Crippen LogP contribution in [0.3, 0.4) is 0 Å². The van der Waals surface area contributed by atoms with Crippen molar-refractivity contribution in [2.75, 3.05) is 6.54 Å². The van der Waals surface area contributed by atoms with E-state index in [2.05, 4.69) is 5.32 Å². The average molecular weight is 327 g/mol. The number of halogens is 1. The zero-order chi connectivity index (χ0) is 17.6. The molecule has 1 aromatic rings. The summed E-state index contributed by atoms with van der Waals surface area (Å²) in [4.78, 5) is 22.1. The van der Waals surface area contributed by atoms with Gasteiger partial charge in [-0.25, -0.2) is 9.18 Å². The van der Waals surface area contributed by atoms with Gasteiger partial charge in [0.1, 0.15) is 17.5 Å². The molecular formula is C16H22FNO5. The second kappa shape index (κ2) is 8.03. The topological polar surface area (TPSA) is 95.9 Å². The molecule has 0 aliphatic rings. The lowest BCUT2D eigenvalue weighted by Crippen LogP contribution is -2.34. The fraction of sp³-hybridized carbons (Fsp3) is 0.500. The van der Waals surface area contributed by atoms with Gasteiger partial charge in [0.05, 0.1) is 11.7 Å². The summed E-state index contributed by atoms with van der Waals surface area (Å²) in [5.74, 6) is -0.697. The van der Waals surface area contributed by atoms with E-state index in [-0.39, 0.29) is 24.1 Å². The second-order valence-corrected chi connectivity index (χ2v) is 6.13. The first-order valence-corrected chi connectivity index (χ1v) is 7.21. The van der Waals surface area contributed by atoms with Crippen LogP contribution in [0.25, 0.3) is 0 Å². The fourth-order valence-corrected chi connectivity index (χ4v) is 1.85. The number of ether oxygens (including phenoxy) is 1. The Morgan fingerprint density at radius 3 is 2.61 bits per heavy atom. The van der Waals surface area contributed by atoms with Crippen LogP contribution in [0.15, 0.2) is 18.2 Å². The van der Waals surface area contributed by atoms with Crippen molar-refractivity contribution in [1.29, 1.82) is 0 Å². The van der Waals surface area contributed by atoms with Crippen LogP contribution in [-0.2, 0) is 4.74 Å². The molecular weight excluding hydrogens is 305 g/mol. The molecule has 0 aliphatic carbocycles. The molecule has 1 rings (SSSR count). The molecule has 1 amide bonds. The number of rotatable bonds is 6. The number of aldehydes is 1. The molecule has 0 fully saturated rings. The summed E-state index contributed by atoms with van der Waals surface area (Å²) in [5.41, 5.74) is -0.597. The Kier molecular flexibility index (Phi) is 6.65. The third-order valence-electron chi connectivity index (χ3n) is 2.96. The second-order valence-electron chi connectivity index (χ2n) is 6.13. The van der Waals surface area contributed by atoms with Crippen molar-refractivity contribution in [2.24, 2.45) is 0 Å². The number of carbonyl (C=O) groups excluding carboxylic acids is 2. The Balaban J connectivity index is 2.53. The molecule has 7 heteroatoms. The van der Waals surface area contributed by atoms with E-state index in [0.717, 1.165) is 6.07 Å². The lowest BCUT2D eigenvalue weighted by atomic mass is 10.00. The number of aliphatic hydroxyl groups excluding tert-OH is 2. The summed E-state index contributed by atoms with van der Waals surface area (Å²) in [7, 11) is 0. The van der Waals surface area contributed by atoms with Gasteiger partial charge in [0.2, 0.25) is 0 Å². The molecule has 1 aromatic carbocycles. The normalized spacial score (nSPS) is 14.0. The number of nitrogens with one attached hydrogen (secondary N) is 1. The fourth-order valence-electron chi connectivity index (χ4n) is 1.85. The molecule has 0 spiro atoms. The summed E-state index contributed by atoms with van der Waals surface area (Å²) in [6.07, 6.45) is -2.70. The molecule has 0 saturated heterocycles. The molecule has 3 N–H and O–H groups in total.